The molecule has 2 rings (SSSR count). The zero-order valence-corrected chi connectivity index (χ0v) is 8.33. The lowest BCUT2D eigenvalue weighted by molar-refractivity contribution is -0.119. The third-order valence-corrected chi connectivity index (χ3v) is 2.60. The number of carbonyl (C=O) groups excluding carboxylic acids is 1. The van der Waals surface area contributed by atoms with E-state index in [2.05, 4.69) is 10.3 Å². The predicted molar refractivity (Wildman–Crippen MR) is 52.6 cm³/mol. The van der Waals surface area contributed by atoms with Crippen LogP contribution in [0.15, 0.2) is 6.07 Å². The van der Waals surface area contributed by atoms with Gasteiger partial charge in [0.2, 0.25) is 5.91 Å². The minimum Gasteiger partial charge on any atom is -0.477 e. The molecule has 1 amide bonds. The molecule has 0 fully saturated rings. The van der Waals surface area contributed by atoms with Gasteiger partial charge in [0.15, 0.2) is 0 Å². The van der Waals surface area contributed by atoms with Gasteiger partial charge in [0.1, 0.15) is 5.69 Å². The third kappa shape index (κ3) is 1.72. The minimum absolute atomic E-state index is 0.0400. The summed E-state index contributed by atoms with van der Waals surface area (Å²) >= 11 is 0. The molecule has 80 valence electrons. The highest BCUT2D eigenvalue weighted by Gasteiger charge is 2.26. The van der Waals surface area contributed by atoms with Crippen LogP contribution in [0.4, 0.5) is 0 Å². The first kappa shape index (κ1) is 9.76. The van der Waals surface area contributed by atoms with Crippen LogP contribution >= 0.6 is 0 Å². The molecular formula is C10H12N2O3. The van der Waals surface area contributed by atoms with Crippen molar-refractivity contribution in [3.63, 3.8) is 0 Å². The Morgan fingerprint density at radius 1 is 1.60 bits per heavy atom. The molecule has 0 radical (unpaired) electrons. The number of fused-ring (bicyclic) bond motifs is 1. The number of carboxylic acids is 1. The summed E-state index contributed by atoms with van der Waals surface area (Å²) in [6.45, 7) is 1.46. The van der Waals surface area contributed by atoms with Crippen LogP contribution in [0, 0.1) is 0 Å². The van der Waals surface area contributed by atoms with E-state index >= 15 is 0 Å². The Labute approximate surface area is 86.5 Å². The van der Waals surface area contributed by atoms with Crippen LogP contribution in [-0.2, 0) is 11.2 Å². The molecule has 0 saturated carbocycles. The zero-order chi connectivity index (χ0) is 11.0. The maximum atomic E-state index is 10.9. The molecular weight excluding hydrogens is 196 g/mol. The van der Waals surface area contributed by atoms with Gasteiger partial charge in [-0.25, -0.2) is 4.79 Å². The Morgan fingerprint density at radius 3 is 2.93 bits per heavy atom. The van der Waals surface area contributed by atoms with E-state index < -0.39 is 5.97 Å². The third-order valence-electron chi connectivity index (χ3n) is 2.60. The van der Waals surface area contributed by atoms with Crippen LogP contribution in [0.2, 0.25) is 0 Å². The van der Waals surface area contributed by atoms with Crippen LogP contribution in [0.3, 0.4) is 0 Å². The summed E-state index contributed by atoms with van der Waals surface area (Å²) in [5, 5.41) is 11.6. The highest BCUT2D eigenvalue weighted by atomic mass is 16.4. The van der Waals surface area contributed by atoms with Gasteiger partial charge >= 0.3 is 5.97 Å². The molecule has 1 aliphatic rings. The number of carbonyl (C=O) groups is 2. The Bertz CT molecular complexity index is 422. The van der Waals surface area contributed by atoms with Crippen molar-refractivity contribution in [1.29, 1.82) is 0 Å². The summed E-state index contributed by atoms with van der Waals surface area (Å²) in [6, 6.07) is 1.56. The largest absolute Gasteiger partial charge is 0.477 e. The molecule has 1 unspecified atom stereocenters. The molecule has 1 aromatic rings. The van der Waals surface area contributed by atoms with Crippen molar-refractivity contribution in [3.05, 3.63) is 23.0 Å². The highest BCUT2D eigenvalue weighted by molar-refractivity contribution is 5.86. The summed E-state index contributed by atoms with van der Waals surface area (Å²) in [6.07, 6.45) is 1.62. The zero-order valence-electron chi connectivity index (χ0n) is 8.33. The molecule has 0 aliphatic heterocycles. The molecule has 3 N–H and O–H groups in total. The second-order valence-electron chi connectivity index (χ2n) is 3.71. The van der Waals surface area contributed by atoms with Gasteiger partial charge < -0.3 is 15.4 Å². The van der Waals surface area contributed by atoms with Gasteiger partial charge in [-0.3, -0.25) is 4.79 Å². The molecule has 0 bridgehead atoms. The molecule has 15 heavy (non-hydrogen) atoms. The lowest BCUT2D eigenvalue weighted by Gasteiger charge is -2.10. The fraction of sp³-hybridized carbons (Fsp3) is 0.400. The number of aromatic nitrogens is 1. The molecule has 0 saturated heterocycles. The first-order valence-corrected chi connectivity index (χ1v) is 4.80. The average Bonchev–Trinajstić information content (AvgIpc) is 2.66. The van der Waals surface area contributed by atoms with Crippen molar-refractivity contribution >= 4 is 11.9 Å². The van der Waals surface area contributed by atoms with E-state index in [4.69, 9.17) is 5.11 Å². The summed E-state index contributed by atoms with van der Waals surface area (Å²) in [5.74, 6) is -1.06. The fourth-order valence-corrected chi connectivity index (χ4v) is 1.99. The quantitative estimate of drug-likeness (QED) is 0.673. The Kier molecular flexibility index (Phi) is 2.22. The predicted octanol–water partition coefficient (Wildman–Crippen LogP) is 0.836. The first-order valence-electron chi connectivity index (χ1n) is 4.80. The van der Waals surface area contributed by atoms with E-state index in [9.17, 15) is 9.59 Å². The highest BCUT2D eigenvalue weighted by Crippen LogP contribution is 2.31. The number of rotatable bonds is 2. The number of hydrogen-bond acceptors (Lipinski definition) is 2. The number of carboxylic acid groups (broad SMARTS) is 1. The topological polar surface area (TPSA) is 82.2 Å². The molecule has 5 nitrogen and oxygen atoms in total. The van der Waals surface area contributed by atoms with Gasteiger partial charge in [-0.05, 0) is 24.5 Å². The molecule has 0 aromatic carbocycles. The number of aryl methyl sites for hydroxylation is 1. The van der Waals surface area contributed by atoms with Gasteiger partial charge in [-0.15, -0.1) is 0 Å². The van der Waals surface area contributed by atoms with Crippen molar-refractivity contribution in [3.8, 4) is 0 Å². The lowest BCUT2D eigenvalue weighted by atomic mass is 10.1. The van der Waals surface area contributed by atoms with Crippen LogP contribution < -0.4 is 5.32 Å². The Morgan fingerprint density at radius 2 is 2.33 bits per heavy atom. The van der Waals surface area contributed by atoms with Crippen LogP contribution in [0.25, 0.3) is 0 Å². The summed E-state index contributed by atoms with van der Waals surface area (Å²) in [5.41, 5.74) is 2.02. The number of aromatic carboxylic acids is 1. The SMILES string of the molecule is CC(=O)NC1CCc2[nH]c(C(=O)O)cc21. The van der Waals surface area contributed by atoms with Crippen molar-refractivity contribution in [2.45, 2.75) is 25.8 Å². The second kappa shape index (κ2) is 3.42. The average molecular weight is 208 g/mol. The van der Waals surface area contributed by atoms with Crippen molar-refractivity contribution in [2.75, 3.05) is 0 Å². The second-order valence-corrected chi connectivity index (χ2v) is 3.71. The minimum atomic E-state index is -0.967. The van der Waals surface area contributed by atoms with Crippen LogP contribution in [0.5, 0.6) is 0 Å². The maximum absolute atomic E-state index is 10.9. The van der Waals surface area contributed by atoms with E-state index in [0.29, 0.717) is 0 Å². The standard InChI is InChI=1S/C10H12N2O3/c1-5(13)11-7-2-3-8-6(7)4-9(12-8)10(14)15/h4,7,12H,2-3H2,1H3,(H,11,13)(H,14,15). The molecule has 5 heteroatoms. The molecule has 1 aliphatic carbocycles. The van der Waals surface area contributed by atoms with Crippen LogP contribution in [-0.4, -0.2) is 22.0 Å². The van der Waals surface area contributed by atoms with Gasteiger partial charge in [0.05, 0.1) is 6.04 Å². The maximum Gasteiger partial charge on any atom is 0.352 e. The number of amides is 1. The smallest absolute Gasteiger partial charge is 0.352 e. The van der Waals surface area contributed by atoms with E-state index in [1.54, 1.807) is 6.07 Å². The normalized spacial score (nSPS) is 18.6. The van der Waals surface area contributed by atoms with Crippen molar-refractivity contribution in [2.24, 2.45) is 0 Å². The van der Waals surface area contributed by atoms with Crippen molar-refractivity contribution < 1.29 is 14.7 Å². The number of aromatic amines is 1. The lowest BCUT2D eigenvalue weighted by Crippen LogP contribution is -2.23. The Hall–Kier alpha value is -1.78. The first-order chi connectivity index (χ1) is 7.08. The molecule has 0 spiro atoms. The van der Waals surface area contributed by atoms with Gasteiger partial charge in [-0.1, -0.05) is 0 Å². The molecule has 1 heterocycles. The van der Waals surface area contributed by atoms with E-state index in [1.807, 2.05) is 0 Å². The van der Waals surface area contributed by atoms with Crippen molar-refractivity contribution in [1.82, 2.24) is 10.3 Å². The van der Waals surface area contributed by atoms with E-state index in [1.165, 1.54) is 6.92 Å². The van der Waals surface area contributed by atoms with Gasteiger partial charge in [0, 0.05) is 12.6 Å². The van der Waals surface area contributed by atoms with Gasteiger partial charge in [-0.2, -0.15) is 0 Å². The summed E-state index contributed by atoms with van der Waals surface area (Å²) in [7, 11) is 0. The molecule has 1 aromatic heterocycles. The Balaban J connectivity index is 2.25. The summed E-state index contributed by atoms with van der Waals surface area (Å²) in [4.78, 5) is 24.5. The van der Waals surface area contributed by atoms with Gasteiger partial charge in [0.25, 0.3) is 0 Å². The molecule has 1 atom stereocenters. The summed E-state index contributed by atoms with van der Waals surface area (Å²) < 4.78 is 0. The monoisotopic (exact) mass is 208 g/mol. The number of H-pyrrole nitrogens is 1. The van der Waals surface area contributed by atoms with E-state index in [-0.39, 0.29) is 17.6 Å². The number of nitrogens with one attached hydrogen (secondary N) is 2. The van der Waals surface area contributed by atoms with E-state index in [0.717, 1.165) is 24.1 Å². The fourth-order valence-electron chi connectivity index (χ4n) is 1.99. The number of hydrogen-bond donors (Lipinski definition) is 3. The van der Waals surface area contributed by atoms with Crippen LogP contribution in [0.1, 0.15) is 41.1 Å².